The van der Waals surface area contributed by atoms with E-state index < -0.39 is 21.7 Å². The first kappa shape index (κ1) is 12.5. The van der Waals surface area contributed by atoms with Gasteiger partial charge in [0.1, 0.15) is 9.84 Å². The normalized spacial score (nSPS) is 20.3. The van der Waals surface area contributed by atoms with Gasteiger partial charge in [-0.25, -0.2) is 8.42 Å². The van der Waals surface area contributed by atoms with Crippen molar-refractivity contribution in [3.8, 4) is 0 Å². The van der Waals surface area contributed by atoms with Crippen molar-refractivity contribution in [1.29, 1.82) is 0 Å². The van der Waals surface area contributed by atoms with Crippen molar-refractivity contribution >= 4 is 15.8 Å². The maximum Gasteiger partial charge on any atom is 0.306 e. The second kappa shape index (κ2) is 4.96. The summed E-state index contributed by atoms with van der Waals surface area (Å²) in [6.45, 7) is 0. The van der Waals surface area contributed by atoms with Gasteiger partial charge in [-0.15, -0.1) is 0 Å². The molecule has 0 radical (unpaired) electrons. The van der Waals surface area contributed by atoms with Crippen LogP contribution in [0, 0.1) is 11.8 Å². The molecule has 0 amide bonds. The standard InChI is InChI=1S/C10H18O4S/c1-15(13,14)7-6-9(10(11)12)8-4-2-3-5-8/h8-9H,2-7H2,1H3,(H,11,12). The van der Waals surface area contributed by atoms with Crippen LogP contribution < -0.4 is 0 Å². The summed E-state index contributed by atoms with van der Waals surface area (Å²) in [4.78, 5) is 11.0. The number of carbonyl (C=O) groups is 1. The van der Waals surface area contributed by atoms with E-state index in [4.69, 9.17) is 5.11 Å². The summed E-state index contributed by atoms with van der Waals surface area (Å²) in [5, 5.41) is 9.04. The minimum Gasteiger partial charge on any atom is -0.481 e. The Kier molecular flexibility index (Phi) is 4.13. The molecule has 0 saturated heterocycles. The molecule has 1 unspecified atom stereocenters. The van der Waals surface area contributed by atoms with E-state index in [1.54, 1.807) is 0 Å². The third-order valence-electron chi connectivity index (χ3n) is 3.09. The lowest BCUT2D eigenvalue weighted by molar-refractivity contribution is -0.143. The highest BCUT2D eigenvalue weighted by Crippen LogP contribution is 2.33. The lowest BCUT2D eigenvalue weighted by Crippen LogP contribution is -2.24. The SMILES string of the molecule is CS(=O)(=O)CCC(C(=O)O)C1CCCC1. The highest BCUT2D eigenvalue weighted by atomic mass is 32.2. The van der Waals surface area contributed by atoms with Crippen molar-refractivity contribution in [3.63, 3.8) is 0 Å². The molecule has 4 nitrogen and oxygen atoms in total. The second-order valence-corrected chi connectivity index (χ2v) is 6.67. The fraction of sp³-hybridized carbons (Fsp3) is 0.900. The number of aliphatic carboxylic acids is 1. The summed E-state index contributed by atoms with van der Waals surface area (Å²) in [6, 6.07) is 0. The van der Waals surface area contributed by atoms with Gasteiger partial charge < -0.3 is 5.11 Å². The van der Waals surface area contributed by atoms with Crippen LogP contribution >= 0.6 is 0 Å². The van der Waals surface area contributed by atoms with Crippen LogP contribution in [0.5, 0.6) is 0 Å². The van der Waals surface area contributed by atoms with Gasteiger partial charge >= 0.3 is 5.97 Å². The topological polar surface area (TPSA) is 71.4 Å². The molecule has 1 atom stereocenters. The summed E-state index contributed by atoms with van der Waals surface area (Å²) in [7, 11) is -3.05. The zero-order chi connectivity index (χ0) is 11.5. The Bertz CT molecular complexity index is 314. The largest absolute Gasteiger partial charge is 0.481 e. The maximum atomic E-state index is 11.0. The molecule has 1 aliphatic rings. The number of hydrogen-bond acceptors (Lipinski definition) is 3. The zero-order valence-electron chi connectivity index (χ0n) is 8.98. The Balaban J connectivity index is 2.54. The molecule has 0 aromatic carbocycles. The summed E-state index contributed by atoms with van der Waals surface area (Å²) in [5.41, 5.74) is 0. The molecule has 15 heavy (non-hydrogen) atoms. The van der Waals surface area contributed by atoms with E-state index in [2.05, 4.69) is 0 Å². The third-order valence-corrected chi connectivity index (χ3v) is 4.06. The summed E-state index contributed by atoms with van der Waals surface area (Å²) >= 11 is 0. The molecule has 0 spiro atoms. The van der Waals surface area contributed by atoms with Crippen LogP contribution in [0.15, 0.2) is 0 Å². The first-order valence-corrected chi connectivity index (χ1v) is 7.37. The van der Waals surface area contributed by atoms with Crippen molar-refractivity contribution in [2.24, 2.45) is 11.8 Å². The van der Waals surface area contributed by atoms with Crippen molar-refractivity contribution in [1.82, 2.24) is 0 Å². The molecular formula is C10H18O4S. The number of sulfone groups is 1. The quantitative estimate of drug-likeness (QED) is 0.778. The second-order valence-electron chi connectivity index (χ2n) is 4.41. The highest BCUT2D eigenvalue weighted by molar-refractivity contribution is 7.90. The predicted octanol–water partition coefficient (Wildman–Crippen LogP) is 1.31. The molecule has 0 aliphatic heterocycles. The van der Waals surface area contributed by atoms with Crippen molar-refractivity contribution in [2.45, 2.75) is 32.1 Å². The fourth-order valence-corrected chi connectivity index (χ4v) is 2.94. The molecular weight excluding hydrogens is 216 g/mol. The molecule has 88 valence electrons. The molecule has 1 aliphatic carbocycles. The number of rotatable bonds is 5. The summed E-state index contributed by atoms with van der Waals surface area (Å²) < 4.78 is 22.0. The molecule has 0 heterocycles. The maximum absolute atomic E-state index is 11.0. The Morgan fingerprint density at radius 3 is 2.33 bits per heavy atom. The van der Waals surface area contributed by atoms with Crippen LogP contribution in [0.25, 0.3) is 0 Å². The van der Waals surface area contributed by atoms with Crippen LogP contribution in [-0.4, -0.2) is 31.5 Å². The number of carboxylic acid groups (broad SMARTS) is 1. The molecule has 0 aromatic heterocycles. The minimum atomic E-state index is -3.05. The van der Waals surface area contributed by atoms with Crippen LogP contribution in [0.4, 0.5) is 0 Å². The Hall–Kier alpha value is -0.580. The fourth-order valence-electron chi connectivity index (χ4n) is 2.26. The van der Waals surface area contributed by atoms with Crippen molar-refractivity contribution < 1.29 is 18.3 Å². The van der Waals surface area contributed by atoms with Crippen LogP contribution in [-0.2, 0) is 14.6 Å². The first-order chi connectivity index (χ1) is 6.90. The molecule has 1 N–H and O–H groups in total. The molecule has 1 rings (SSSR count). The minimum absolute atomic E-state index is 0.0134. The smallest absolute Gasteiger partial charge is 0.306 e. The van der Waals surface area contributed by atoms with Crippen molar-refractivity contribution in [3.05, 3.63) is 0 Å². The van der Waals surface area contributed by atoms with Gasteiger partial charge in [-0.1, -0.05) is 12.8 Å². The van der Waals surface area contributed by atoms with Gasteiger partial charge in [0.15, 0.2) is 0 Å². The molecule has 1 fully saturated rings. The van der Waals surface area contributed by atoms with Crippen molar-refractivity contribution in [2.75, 3.05) is 12.0 Å². The Morgan fingerprint density at radius 2 is 1.93 bits per heavy atom. The molecule has 0 bridgehead atoms. The Morgan fingerprint density at radius 1 is 1.40 bits per heavy atom. The average molecular weight is 234 g/mol. The van der Waals surface area contributed by atoms with E-state index in [0.29, 0.717) is 0 Å². The monoisotopic (exact) mass is 234 g/mol. The van der Waals surface area contributed by atoms with E-state index in [1.165, 1.54) is 0 Å². The van der Waals surface area contributed by atoms with Gasteiger partial charge in [-0.3, -0.25) is 4.79 Å². The zero-order valence-corrected chi connectivity index (χ0v) is 9.79. The van der Waals surface area contributed by atoms with Gasteiger partial charge in [0.05, 0.1) is 11.7 Å². The summed E-state index contributed by atoms with van der Waals surface area (Å²) in [5.74, 6) is -1.14. The first-order valence-electron chi connectivity index (χ1n) is 5.30. The van der Waals surface area contributed by atoms with E-state index in [1.807, 2.05) is 0 Å². The Labute approximate surface area is 90.6 Å². The van der Waals surface area contributed by atoms with Gasteiger partial charge in [0, 0.05) is 6.26 Å². The van der Waals surface area contributed by atoms with Crippen LogP contribution in [0.1, 0.15) is 32.1 Å². The van der Waals surface area contributed by atoms with E-state index >= 15 is 0 Å². The molecule has 0 aromatic rings. The highest BCUT2D eigenvalue weighted by Gasteiger charge is 2.30. The van der Waals surface area contributed by atoms with E-state index in [9.17, 15) is 13.2 Å². The van der Waals surface area contributed by atoms with Gasteiger partial charge in [-0.2, -0.15) is 0 Å². The lowest BCUT2D eigenvalue weighted by atomic mass is 9.89. The van der Waals surface area contributed by atoms with Gasteiger partial charge in [0.25, 0.3) is 0 Å². The predicted molar refractivity (Wildman–Crippen MR) is 57.4 cm³/mol. The number of carboxylic acids is 1. The van der Waals surface area contributed by atoms with Crippen LogP contribution in [0.3, 0.4) is 0 Å². The van der Waals surface area contributed by atoms with Crippen LogP contribution in [0.2, 0.25) is 0 Å². The lowest BCUT2D eigenvalue weighted by Gasteiger charge is -2.18. The van der Waals surface area contributed by atoms with E-state index in [0.717, 1.165) is 31.9 Å². The summed E-state index contributed by atoms with van der Waals surface area (Å²) in [6.07, 6.45) is 5.43. The molecule has 5 heteroatoms. The number of hydrogen-bond donors (Lipinski definition) is 1. The van der Waals surface area contributed by atoms with Gasteiger partial charge in [0.2, 0.25) is 0 Å². The molecule has 1 saturated carbocycles. The van der Waals surface area contributed by atoms with Gasteiger partial charge in [-0.05, 0) is 25.2 Å². The van der Waals surface area contributed by atoms with E-state index in [-0.39, 0.29) is 18.1 Å². The third kappa shape index (κ3) is 4.20. The average Bonchev–Trinajstić information content (AvgIpc) is 2.54.